The molecule has 0 aromatic carbocycles. The first kappa shape index (κ1) is 12.9. The molecule has 2 aromatic rings. The number of hydrogen-bond acceptors (Lipinski definition) is 3. The molecular weight excluding hydrogens is 260 g/mol. The Balaban J connectivity index is 1.98. The summed E-state index contributed by atoms with van der Waals surface area (Å²) in [5.74, 6) is 2.05. The van der Waals surface area contributed by atoms with Gasteiger partial charge in [0, 0.05) is 18.8 Å². The number of pyridine rings is 1. The number of halogens is 1. The molecule has 0 spiro atoms. The fourth-order valence-electron chi connectivity index (χ4n) is 2.87. The first-order valence-electron chi connectivity index (χ1n) is 6.74. The van der Waals surface area contributed by atoms with Crippen LogP contribution in [0, 0.1) is 12.8 Å². The number of fused-ring (bicyclic) bond motifs is 1. The van der Waals surface area contributed by atoms with Gasteiger partial charge >= 0.3 is 0 Å². The second-order valence-electron chi connectivity index (χ2n) is 5.48. The zero-order valence-electron chi connectivity index (χ0n) is 11.4. The lowest BCUT2D eigenvalue weighted by Gasteiger charge is -2.13. The van der Waals surface area contributed by atoms with Crippen LogP contribution in [0.4, 0.5) is 0 Å². The molecule has 1 unspecified atom stereocenters. The highest BCUT2D eigenvalue weighted by atomic mass is 35.5. The number of alkyl halides is 1. The van der Waals surface area contributed by atoms with Crippen LogP contribution in [0.1, 0.15) is 17.9 Å². The first-order valence-corrected chi connectivity index (χ1v) is 7.28. The molecule has 1 aliphatic heterocycles. The number of imidazole rings is 1. The van der Waals surface area contributed by atoms with E-state index in [1.165, 1.54) is 13.0 Å². The summed E-state index contributed by atoms with van der Waals surface area (Å²) in [5, 5.41) is 0. The van der Waals surface area contributed by atoms with Gasteiger partial charge in [0.25, 0.3) is 0 Å². The van der Waals surface area contributed by atoms with Crippen molar-refractivity contribution in [2.45, 2.75) is 25.8 Å². The van der Waals surface area contributed by atoms with Gasteiger partial charge in [-0.05, 0) is 45.0 Å². The molecule has 19 heavy (non-hydrogen) atoms. The van der Waals surface area contributed by atoms with E-state index in [1.807, 2.05) is 19.1 Å². The van der Waals surface area contributed by atoms with E-state index in [1.54, 1.807) is 0 Å². The minimum absolute atomic E-state index is 0.442. The summed E-state index contributed by atoms with van der Waals surface area (Å²) in [6, 6.07) is 4.03. The Bertz CT molecular complexity index is 592. The second-order valence-corrected chi connectivity index (χ2v) is 5.75. The summed E-state index contributed by atoms with van der Waals surface area (Å²) in [4.78, 5) is 11.6. The van der Waals surface area contributed by atoms with Crippen LogP contribution in [0.3, 0.4) is 0 Å². The Morgan fingerprint density at radius 3 is 2.89 bits per heavy atom. The summed E-state index contributed by atoms with van der Waals surface area (Å²) in [5.41, 5.74) is 2.95. The maximum Gasteiger partial charge on any atom is 0.160 e. The molecule has 0 N–H and O–H groups in total. The maximum atomic E-state index is 6.04. The number of rotatable bonds is 3. The van der Waals surface area contributed by atoms with Crippen LogP contribution in [-0.4, -0.2) is 39.6 Å². The fourth-order valence-corrected chi connectivity index (χ4v) is 3.07. The molecule has 0 saturated carbocycles. The SMILES string of the molecule is Cc1ccc2nc(CCl)n(CC3CCN(C)C3)c2n1. The van der Waals surface area contributed by atoms with Crippen LogP contribution < -0.4 is 0 Å². The molecule has 1 atom stereocenters. The molecular formula is C14H19ClN4. The van der Waals surface area contributed by atoms with Gasteiger partial charge in [0.2, 0.25) is 0 Å². The van der Waals surface area contributed by atoms with Crippen LogP contribution >= 0.6 is 11.6 Å². The van der Waals surface area contributed by atoms with E-state index in [-0.39, 0.29) is 0 Å². The van der Waals surface area contributed by atoms with Gasteiger partial charge < -0.3 is 9.47 Å². The fraction of sp³-hybridized carbons (Fsp3) is 0.571. The highest BCUT2D eigenvalue weighted by Gasteiger charge is 2.22. The Hall–Kier alpha value is -1.13. The van der Waals surface area contributed by atoms with E-state index in [4.69, 9.17) is 11.6 Å². The van der Waals surface area contributed by atoms with Crippen LogP contribution in [0.15, 0.2) is 12.1 Å². The quantitative estimate of drug-likeness (QED) is 0.809. The zero-order chi connectivity index (χ0) is 13.4. The summed E-state index contributed by atoms with van der Waals surface area (Å²) in [6.45, 7) is 5.31. The van der Waals surface area contributed by atoms with Gasteiger partial charge in [-0.2, -0.15) is 0 Å². The minimum Gasteiger partial charge on any atom is -0.311 e. The van der Waals surface area contributed by atoms with E-state index in [0.717, 1.165) is 35.8 Å². The van der Waals surface area contributed by atoms with E-state index in [0.29, 0.717) is 11.8 Å². The topological polar surface area (TPSA) is 34.0 Å². The molecule has 102 valence electrons. The van der Waals surface area contributed by atoms with Crippen LogP contribution in [-0.2, 0) is 12.4 Å². The molecule has 0 radical (unpaired) electrons. The monoisotopic (exact) mass is 278 g/mol. The van der Waals surface area contributed by atoms with Crippen molar-refractivity contribution >= 4 is 22.8 Å². The summed E-state index contributed by atoms with van der Waals surface area (Å²) in [7, 11) is 2.18. The van der Waals surface area contributed by atoms with Crippen LogP contribution in [0.25, 0.3) is 11.2 Å². The number of aromatic nitrogens is 3. The summed E-state index contributed by atoms with van der Waals surface area (Å²) < 4.78 is 2.21. The maximum absolute atomic E-state index is 6.04. The highest BCUT2D eigenvalue weighted by Crippen LogP contribution is 2.22. The lowest BCUT2D eigenvalue weighted by molar-refractivity contribution is 0.378. The number of aryl methyl sites for hydroxylation is 1. The number of nitrogens with zero attached hydrogens (tertiary/aromatic N) is 4. The summed E-state index contributed by atoms with van der Waals surface area (Å²) in [6.07, 6.45) is 1.24. The normalized spacial score (nSPS) is 20.5. The molecule has 1 fully saturated rings. The van der Waals surface area contributed by atoms with Crippen molar-refractivity contribution in [1.82, 2.24) is 19.4 Å². The van der Waals surface area contributed by atoms with E-state index >= 15 is 0 Å². The van der Waals surface area contributed by atoms with Crippen molar-refractivity contribution in [3.8, 4) is 0 Å². The lowest BCUT2D eigenvalue weighted by atomic mass is 10.1. The molecule has 3 heterocycles. The van der Waals surface area contributed by atoms with E-state index in [9.17, 15) is 0 Å². The highest BCUT2D eigenvalue weighted by molar-refractivity contribution is 6.16. The Morgan fingerprint density at radius 1 is 1.37 bits per heavy atom. The number of likely N-dealkylation sites (tertiary alicyclic amines) is 1. The van der Waals surface area contributed by atoms with Gasteiger partial charge in [0.05, 0.1) is 5.88 Å². The predicted molar refractivity (Wildman–Crippen MR) is 77.4 cm³/mol. The van der Waals surface area contributed by atoms with Crippen LogP contribution in [0.5, 0.6) is 0 Å². The van der Waals surface area contributed by atoms with Gasteiger partial charge in [-0.1, -0.05) is 0 Å². The van der Waals surface area contributed by atoms with E-state index < -0.39 is 0 Å². The van der Waals surface area contributed by atoms with Crippen LogP contribution in [0.2, 0.25) is 0 Å². The molecule has 1 saturated heterocycles. The van der Waals surface area contributed by atoms with Gasteiger partial charge in [-0.3, -0.25) is 0 Å². The molecule has 3 rings (SSSR count). The first-order chi connectivity index (χ1) is 9.17. The largest absolute Gasteiger partial charge is 0.311 e. The van der Waals surface area contributed by atoms with Gasteiger partial charge in [-0.15, -0.1) is 11.6 Å². The average molecular weight is 279 g/mol. The molecule has 0 aliphatic carbocycles. The summed E-state index contributed by atoms with van der Waals surface area (Å²) >= 11 is 6.04. The Labute approximate surface area is 118 Å². The van der Waals surface area contributed by atoms with Crippen molar-refractivity contribution in [3.05, 3.63) is 23.7 Å². The third-order valence-electron chi connectivity index (χ3n) is 3.86. The molecule has 0 bridgehead atoms. The Morgan fingerprint density at radius 2 is 2.21 bits per heavy atom. The van der Waals surface area contributed by atoms with Crippen molar-refractivity contribution in [3.63, 3.8) is 0 Å². The molecule has 4 nitrogen and oxygen atoms in total. The molecule has 2 aromatic heterocycles. The Kier molecular flexibility index (Phi) is 3.46. The van der Waals surface area contributed by atoms with Crippen molar-refractivity contribution in [2.24, 2.45) is 5.92 Å². The van der Waals surface area contributed by atoms with Crippen molar-refractivity contribution in [1.29, 1.82) is 0 Å². The van der Waals surface area contributed by atoms with Gasteiger partial charge in [0.1, 0.15) is 11.3 Å². The standard InChI is InChI=1S/C14H19ClN4/c1-10-3-4-12-14(16-10)19(13(7-15)17-12)9-11-5-6-18(2)8-11/h3-4,11H,5-9H2,1-2H3. The smallest absolute Gasteiger partial charge is 0.160 e. The predicted octanol–water partition coefficient (Wildman–Crippen LogP) is 2.43. The number of hydrogen-bond donors (Lipinski definition) is 0. The third kappa shape index (κ3) is 2.47. The van der Waals surface area contributed by atoms with E-state index in [2.05, 4.69) is 26.5 Å². The average Bonchev–Trinajstić information content (AvgIpc) is 2.94. The molecule has 5 heteroatoms. The van der Waals surface area contributed by atoms with Crippen molar-refractivity contribution < 1.29 is 0 Å². The van der Waals surface area contributed by atoms with Crippen molar-refractivity contribution in [2.75, 3.05) is 20.1 Å². The molecule has 1 aliphatic rings. The second kappa shape index (κ2) is 5.10. The minimum atomic E-state index is 0.442. The lowest BCUT2D eigenvalue weighted by Crippen LogP contribution is -2.18. The molecule has 0 amide bonds. The third-order valence-corrected chi connectivity index (χ3v) is 4.10. The zero-order valence-corrected chi connectivity index (χ0v) is 12.2. The van der Waals surface area contributed by atoms with Gasteiger partial charge in [0.15, 0.2) is 5.65 Å². The van der Waals surface area contributed by atoms with Gasteiger partial charge in [-0.25, -0.2) is 9.97 Å².